The highest BCUT2D eigenvalue weighted by molar-refractivity contribution is 5.98. The maximum atomic E-state index is 12.2. The summed E-state index contributed by atoms with van der Waals surface area (Å²) in [5.74, 6) is 2.52. The van der Waals surface area contributed by atoms with E-state index in [1.165, 1.54) is 25.7 Å². The fourth-order valence-corrected chi connectivity index (χ4v) is 3.56. The molecule has 0 saturated heterocycles. The van der Waals surface area contributed by atoms with Crippen LogP contribution in [0.4, 0.5) is 0 Å². The van der Waals surface area contributed by atoms with Gasteiger partial charge in [0.2, 0.25) is 0 Å². The second-order valence-corrected chi connectivity index (χ2v) is 7.49. The van der Waals surface area contributed by atoms with Crippen LogP contribution in [0.15, 0.2) is 6.20 Å². The lowest BCUT2D eigenvalue weighted by molar-refractivity contribution is 0.0909. The van der Waals surface area contributed by atoms with Crippen LogP contribution in [0.2, 0.25) is 0 Å². The Labute approximate surface area is 121 Å². The van der Waals surface area contributed by atoms with Crippen molar-refractivity contribution in [2.24, 2.45) is 11.3 Å². The third-order valence-electron chi connectivity index (χ3n) is 4.85. The largest absolute Gasteiger partial charge is 0.294 e. The average Bonchev–Trinajstić information content (AvgIpc) is 2.37. The Morgan fingerprint density at radius 3 is 2.55 bits per heavy atom. The molecule has 108 valence electrons. The first kappa shape index (κ1) is 13.7. The number of nitrogens with zero attached hydrogens (tertiary/aromatic N) is 2. The van der Waals surface area contributed by atoms with Crippen molar-refractivity contribution in [2.45, 2.75) is 65.2 Å². The van der Waals surface area contributed by atoms with Crippen LogP contribution in [0.25, 0.3) is 0 Å². The Kier molecular flexibility index (Phi) is 3.39. The summed E-state index contributed by atoms with van der Waals surface area (Å²) in [4.78, 5) is 21.4. The molecule has 0 N–H and O–H groups in total. The molecule has 0 radical (unpaired) electrons. The summed E-state index contributed by atoms with van der Waals surface area (Å²) in [6.07, 6.45) is 8.23. The Morgan fingerprint density at radius 2 is 1.85 bits per heavy atom. The Hall–Kier alpha value is -1.25. The second-order valence-electron chi connectivity index (χ2n) is 7.49. The minimum atomic E-state index is 0.0385. The molecule has 0 aromatic carbocycles. The highest BCUT2D eigenvalue weighted by Gasteiger charge is 2.33. The zero-order valence-electron chi connectivity index (χ0n) is 12.8. The predicted octanol–water partition coefficient (Wildman–Crippen LogP) is 3.93. The molecule has 3 nitrogen and oxygen atoms in total. The fourth-order valence-electron chi connectivity index (χ4n) is 3.56. The van der Waals surface area contributed by atoms with E-state index in [4.69, 9.17) is 4.98 Å². The van der Waals surface area contributed by atoms with Crippen LogP contribution in [-0.4, -0.2) is 15.8 Å². The van der Waals surface area contributed by atoms with E-state index >= 15 is 0 Å². The van der Waals surface area contributed by atoms with Gasteiger partial charge in [-0.2, -0.15) is 0 Å². The van der Waals surface area contributed by atoms with E-state index in [0.29, 0.717) is 12.3 Å². The molecule has 0 aliphatic heterocycles. The zero-order valence-corrected chi connectivity index (χ0v) is 12.8. The molecule has 0 bridgehead atoms. The molecule has 1 fully saturated rings. The fraction of sp³-hybridized carbons (Fsp3) is 0.706. The molecule has 1 aromatic rings. The number of Topliss-reactive ketones (excluding diaryl/α,β-unsaturated/α-hetero) is 1. The SMILES string of the molecule is CC1CCC(c2ncc3c(n2)CC(C)(C)CC3=O)CC1. The smallest absolute Gasteiger partial charge is 0.166 e. The lowest BCUT2D eigenvalue weighted by Crippen LogP contribution is -2.29. The summed E-state index contributed by atoms with van der Waals surface area (Å²) >= 11 is 0. The molecule has 0 spiro atoms. The lowest BCUT2D eigenvalue weighted by atomic mass is 9.76. The van der Waals surface area contributed by atoms with E-state index in [2.05, 4.69) is 25.8 Å². The monoisotopic (exact) mass is 272 g/mol. The maximum Gasteiger partial charge on any atom is 0.166 e. The van der Waals surface area contributed by atoms with E-state index in [1.807, 2.05) is 0 Å². The summed E-state index contributed by atoms with van der Waals surface area (Å²) in [6, 6.07) is 0. The summed E-state index contributed by atoms with van der Waals surface area (Å²) in [5.41, 5.74) is 1.78. The highest BCUT2D eigenvalue weighted by Crippen LogP contribution is 2.37. The first-order chi connectivity index (χ1) is 9.44. The molecular weight excluding hydrogens is 248 g/mol. The summed E-state index contributed by atoms with van der Waals surface area (Å²) in [7, 11) is 0. The summed E-state index contributed by atoms with van der Waals surface area (Å²) in [6.45, 7) is 6.63. The molecular formula is C17H24N2O. The lowest BCUT2D eigenvalue weighted by Gasteiger charge is -2.30. The Morgan fingerprint density at radius 1 is 1.15 bits per heavy atom. The molecule has 0 unspecified atom stereocenters. The Balaban J connectivity index is 1.87. The van der Waals surface area contributed by atoms with Crippen molar-refractivity contribution in [2.75, 3.05) is 0 Å². The zero-order chi connectivity index (χ0) is 14.3. The summed E-state index contributed by atoms with van der Waals surface area (Å²) in [5, 5.41) is 0. The number of ketones is 1. The van der Waals surface area contributed by atoms with Gasteiger partial charge < -0.3 is 0 Å². The van der Waals surface area contributed by atoms with Crippen molar-refractivity contribution in [1.82, 2.24) is 9.97 Å². The van der Waals surface area contributed by atoms with Gasteiger partial charge >= 0.3 is 0 Å². The van der Waals surface area contributed by atoms with Crippen molar-refractivity contribution in [1.29, 1.82) is 0 Å². The number of fused-ring (bicyclic) bond motifs is 1. The van der Waals surface area contributed by atoms with Crippen LogP contribution in [0.5, 0.6) is 0 Å². The minimum absolute atomic E-state index is 0.0385. The minimum Gasteiger partial charge on any atom is -0.294 e. The predicted molar refractivity (Wildman–Crippen MR) is 78.8 cm³/mol. The quantitative estimate of drug-likeness (QED) is 0.778. The standard InChI is InChI=1S/C17H24N2O/c1-11-4-6-12(7-5-11)16-18-10-13-14(19-16)8-17(2,3)9-15(13)20/h10-12H,4-9H2,1-3H3. The van der Waals surface area contributed by atoms with Gasteiger partial charge in [-0.3, -0.25) is 4.79 Å². The van der Waals surface area contributed by atoms with Crippen molar-refractivity contribution >= 4 is 5.78 Å². The van der Waals surface area contributed by atoms with Gasteiger partial charge in [0.15, 0.2) is 5.78 Å². The van der Waals surface area contributed by atoms with Crippen LogP contribution in [0, 0.1) is 11.3 Å². The van der Waals surface area contributed by atoms with E-state index in [9.17, 15) is 4.79 Å². The van der Waals surface area contributed by atoms with Crippen LogP contribution in [0.1, 0.15) is 80.7 Å². The van der Waals surface area contributed by atoms with E-state index in [1.54, 1.807) is 6.20 Å². The number of hydrogen-bond acceptors (Lipinski definition) is 3. The van der Waals surface area contributed by atoms with Crippen molar-refractivity contribution in [3.63, 3.8) is 0 Å². The summed E-state index contributed by atoms with van der Waals surface area (Å²) < 4.78 is 0. The van der Waals surface area contributed by atoms with Crippen molar-refractivity contribution < 1.29 is 4.79 Å². The maximum absolute atomic E-state index is 12.2. The van der Waals surface area contributed by atoms with Gasteiger partial charge in [-0.1, -0.05) is 33.6 Å². The normalized spacial score (nSPS) is 29.1. The molecule has 3 rings (SSSR count). The Bertz CT molecular complexity index is 528. The van der Waals surface area contributed by atoms with Crippen molar-refractivity contribution in [3.05, 3.63) is 23.3 Å². The van der Waals surface area contributed by atoms with Crippen molar-refractivity contribution in [3.8, 4) is 0 Å². The first-order valence-electron chi connectivity index (χ1n) is 7.84. The third kappa shape index (κ3) is 2.63. The van der Waals surface area contributed by atoms with E-state index < -0.39 is 0 Å². The highest BCUT2D eigenvalue weighted by atomic mass is 16.1. The van der Waals surface area contributed by atoms with E-state index in [-0.39, 0.29) is 11.2 Å². The molecule has 2 aliphatic carbocycles. The number of carbonyl (C=O) groups excluding carboxylic acids is 1. The number of carbonyl (C=O) groups is 1. The van der Waals surface area contributed by atoms with Gasteiger partial charge in [-0.05, 0) is 30.6 Å². The van der Waals surface area contributed by atoms with Gasteiger partial charge in [0.1, 0.15) is 5.82 Å². The van der Waals surface area contributed by atoms with Crippen LogP contribution >= 0.6 is 0 Å². The van der Waals surface area contributed by atoms with Crippen LogP contribution < -0.4 is 0 Å². The van der Waals surface area contributed by atoms with Crippen LogP contribution in [0.3, 0.4) is 0 Å². The topological polar surface area (TPSA) is 42.9 Å². The number of rotatable bonds is 1. The molecule has 3 heteroatoms. The first-order valence-corrected chi connectivity index (χ1v) is 7.84. The second kappa shape index (κ2) is 4.94. The van der Waals surface area contributed by atoms with Gasteiger partial charge in [-0.25, -0.2) is 9.97 Å². The van der Waals surface area contributed by atoms with Gasteiger partial charge in [-0.15, -0.1) is 0 Å². The number of aromatic nitrogens is 2. The molecule has 1 heterocycles. The van der Waals surface area contributed by atoms with Gasteiger partial charge in [0.25, 0.3) is 0 Å². The average molecular weight is 272 g/mol. The number of hydrogen-bond donors (Lipinski definition) is 0. The van der Waals surface area contributed by atoms with Gasteiger partial charge in [0.05, 0.1) is 11.3 Å². The molecule has 20 heavy (non-hydrogen) atoms. The van der Waals surface area contributed by atoms with Crippen LogP contribution in [-0.2, 0) is 6.42 Å². The molecule has 0 atom stereocenters. The molecule has 1 saturated carbocycles. The molecule has 2 aliphatic rings. The molecule has 0 amide bonds. The molecule has 1 aromatic heterocycles. The van der Waals surface area contributed by atoms with Gasteiger partial charge in [0, 0.05) is 18.5 Å². The van der Waals surface area contributed by atoms with E-state index in [0.717, 1.165) is 29.4 Å². The third-order valence-corrected chi connectivity index (χ3v) is 4.85.